The van der Waals surface area contributed by atoms with E-state index < -0.39 is 0 Å². The van der Waals surface area contributed by atoms with E-state index in [0.717, 1.165) is 5.92 Å². The Morgan fingerprint density at radius 3 is 2.77 bits per heavy atom. The summed E-state index contributed by atoms with van der Waals surface area (Å²) in [6.45, 7) is 4.90. The zero-order valence-corrected chi connectivity index (χ0v) is 13.3. The van der Waals surface area contributed by atoms with E-state index in [1.54, 1.807) is 22.4 Å². The van der Waals surface area contributed by atoms with Crippen LogP contribution in [-0.2, 0) is 5.41 Å². The molecule has 1 aromatic carbocycles. The fraction of sp³-hybridized carbons (Fsp3) is 0.429. The first-order valence-corrected chi connectivity index (χ1v) is 8.59. The molecule has 0 fully saturated rings. The maximum atomic E-state index is 3.81. The van der Waals surface area contributed by atoms with Gasteiger partial charge < -0.3 is 5.32 Å². The van der Waals surface area contributed by atoms with Crippen LogP contribution in [0.3, 0.4) is 0 Å². The molecule has 22 heavy (non-hydrogen) atoms. The van der Waals surface area contributed by atoms with Gasteiger partial charge in [-0.1, -0.05) is 62.4 Å². The molecule has 0 saturated heterocycles. The van der Waals surface area contributed by atoms with Gasteiger partial charge in [-0.25, -0.2) is 0 Å². The third kappa shape index (κ3) is 1.49. The fourth-order valence-electron chi connectivity index (χ4n) is 5.46. The highest BCUT2D eigenvalue weighted by Gasteiger charge is 2.50. The Kier molecular flexibility index (Phi) is 2.41. The Hall–Kier alpha value is -1.76. The number of fused-ring (bicyclic) bond motifs is 5. The predicted octanol–water partition coefficient (Wildman–Crippen LogP) is 4.44. The molecule has 4 aliphatic rings. The highest BCUT2D eigenvalue weighted by Crippen LogP contribution is 2.58. The number of allylic oxidation sites excluding steroid dienone is 3. The zero-order chi connectivity index (χ0) is 14.9. The van der Waals surface area contributed by atoms with Gasteiger partial charge in [0.1, 0.15) is 0 Å². The van der Waals surface area contributed by atoms with E-state index in [2.05, 4.69) is 67.7 Å². The molecule has 3 unspecified atom stereocenters. The van der Waals surface area contributed by atoms with Gasteiger partial charge in [0.05, 0.1) is 6.04 Å². The Labute approximate surface area is 132 Å². The summed E-state index contributed by atoms with van der Waals surface area (Å²) in [5.41, 5.74) is 6.72. The average molecular weight is 289 g/mol. The second-order valence-electron chi connectivity index (χ2n) is 7.90. The van der Waals surface area contributed by atoms with E-state index in [4.69, 9.17) is 0 Å². The third-order valence-electron chi connectivity index (χ3n) is 6.60. The quantitative estimate of drug-likeness (QED) is 0.744. The number of rotatable bonds is 0. The van der Waals surface area contributed by atoms with Crippen molar-refractivity contribution in [2.24, 2.45) is 11.8 Å². The number of hydrogen-bond acceptors (Lipinski definition) is 1. The van der Waals surface area contributed by atoms with Crippen LogP contribution < -0.4 is 5.32 Å². The first kappa shape index (κ1) is 12.8. The third-order valence-corrected chi connectivity index (χ3v) is 6.60. The van der Waals surface area contributed by atoms with Crippen molar-refractivity contribution in [3.05, 3.63) is 71.0 Å². The van der Waals surface area contributed by atoms with E-state index in [9.17, 15) is 0 Å². The van der Waals surface area contributed by atoms with Gasteiger partial charge in [-0.05, 0) is 46.8 Å². The molecule has 1 aliphatic heterocycles. The molecule has 0 bridgehead atoms. The molecule has 0 saturated carbocycles. The van der Waals surface area contributed by atoms with Crippen molar-refractivity contribution in [2.75, 3.05) is 0 Å². The van der Waals surface area contributed by atoms with Crippen LogP contribution in [0.5, 0.6) is 0 Å². The van der Waals surface area contributed by atoms with Crippen molar-refractivity contribution >= 4 is 0 Å². The fourth-order valence-corrected chi connectivity index (χ4v) is 5.46. The minimum Gasteiger partial charge on any atom is -0.381 e. The minimum absolute atomic E-state index is 0.293. The van der Waals surface area contributed by atoms with Crippen LogP contribution in [0, 0.1) is 11.8 Å². The Morgan fingerprint density at radius 2 is 1.86 bits per heavy atom. The van der Waals surface area contributed by atoms with Crippen molar-refractivity contribution in [3.63, 3.8) is 0 Å². The largest absolute Gasteiger partial charge is 0.381 e. The summed E-state index contributed by atoms with van der Waals surface area (Å²) in [5.74, 6) is 2.05. The highest BCUT2D eigenvalue weighted by molar-refractivity contribution is 5.48. The van der Waals surface area contributed by atoms with Gasteiger partial charge in [-0.2, -0.15) is 0 Å². The van der Waals surface area contributed by atoms with E-state index in [-0.39, 0.29) is 0 Å². The summed E-state index contributed by atoms with van der Waals surface area (Å²) in [4.78, 5) is 0. The average Bonchev–Trinajstić information content (AvgIpc) is 3.00. The monoisotopic (exact) mass is 289 g/mol. The molecule has 0 aromatic heterocycles. The Morgan fingerprint density at radius 1 is 1.05 bits per heavy atom. The summed E-state index contributed by atoms with van der Waals surface area (Å²) in [5, 5.41) is 3.81. The van der Waals surface area contributed by atoms with Crippen LogP contribution in [0.2, 0.25) is 0 Å². The topological polar surface area (TPSA) is 12.0 Å². The van der Waals surface area contributed by atoms with Crippen LogP contribution >= 0.6 is 0 Å². The number of hydrogen-bond donors (Lipinski definition) is 1. The van der Waals surface area contributed by atoms with Crippen LogP contribution in [0.25, 0.3) is 0 Å². The lowest BCUT2D eigenvalue weighted by Gasteiger charge is -2.36. The molecule has 5 rings (SSSR count). The summed E-state index contributed by atoms with van der Waals surface area (Å²) in [6.07, 6.45) is 11.6. The molecule has 1 heteroatoms. The molecule has 0 spiro atoms. The maximum Gasteiger partial charge on any atom is 0.0545 e. The van der Waals surface area contributed by atoms with Crippen molar-refractivity contribution in [1.82, 2.24) is 5.32 Å². The van der Waals surface area contributed by atoms with Crippen molar-refractivity contribution < 1.29 is 0 Å². The summed E-state index contributed by atoms with van der Waals surface area (Å²) >= 11 is 0. The smallest absolute Gasteiger partial charge is 0.0545 e. The van der Waals surface area contributed by atoms with Crippen LogP contribution in [0.1, 0.15) is 43.7 Å². The summed E-state index contributed by atoms with van der Waals surface area (Å²) in [7, 11) is 0. The first-order valence-electron chi connectivity index (χ1n) is 8.59. The predicted molar refractivity (Wildman–Crippen MR) is 90.7 cm³/mol. The standard InChI is InChI=1S/C21H23N/c1-21(2)17-9-5-3-7-13(17)15-11-16-14-8-4-6-10-19(14)22-20(16)12-18(15)21/h3-10,14-15,18-19,22H,11-12H2,1-2H3/t14-,15?,18?,19?/m1/s1. The normalized spacial score (nSPS) is 36.5. The molecule has 3 aliphatic carbocycles. The van der Waals surface area contributed by atoms with Crippen LogP contribution in [-0.4, -0.2) is 6.04 Å². The Bertz CT molecular complexity index is 734. The molecule has 4 atom stereocenters. The first-order chi connectivity index (χ1) is 10.7. The lowest BCUT2D eigenvalue weighted by molar-refractivity contribution is 0.282. The van der Waals surface area contributed by atoms with Gasteiger partial charge in [0.15, 0.2) is 0 Å². The van der Waals surface area contributed by atoms with Crippen molar-refractivity contribution in [2.45, 2.75) is 44.1 Å². The maximum absolute atomic E-state index is 3.81. The molecule has 0 amide bonds. The van der Waals surface area contributed by atoms with Gasteiger partial charge in [0.2, 0.25) is 0 Å². The molecular formula is C21H23N. The molecular weight excluding hydrogens is 266 g/mol. The molecule has 1 N–H and O–H groups in total. The minimum atomic E-state index is 0.293. The molecule has 1 nitrogen and oxygen atoms in total. The van der Waals surface area contributed by atoms with E-state index in [1.165, 1.54) is 12.8 Å². The van der Waals surface area contributed by atoms with E-state index in [1.807, 2.05) is 0 Å². The van der Waals surface area contributed by atoms with Gasteiger partial charge in [-0.3, -0.25) is 0 Å². The van der Waals surface area contributed by atoms with E-state index >= 15 is 0 Å². The SMILES string of the molecule is CC1(C)c2ccccc2C2CC3=C(CC21)NC1C=CC=C[C@H]31. The zero-order valence-electron chi connectivity index (χ0n) is 13.3. The van der Waals surface area contributed by atoms with Crippen molar-refractivity contribution in [3.8, 4) is 0 Å². The highest BCUT2D eigenvalue weighted by atomic mass is 15.0. The van der Waals surface area contributed by atoms with E-state index in [0.29, 0.717) is 23.3 Å². The second kappa shape index (κ2) is 4.16. The van der Waals surface area contributed by atoms with Gasteiger partial charge in [0.25, 0.3) is 0 Å². The second-order valence-corrected chi connectivity index (χ2v) is 7.90. The molecule has 1 heterocycles. The van der Waals surface area contributed by atoms with Gasteiger partial charge in [0, 0.05) is 11.6 Å². The number of benzene rings is 1. The molecule has 112 valence electrons. The van der Waals surface area contributed by atoms with Gasteiger partial charge >= 0.3 is 0 Å². The van der Waals surface area contributed by atoms with Crippen LogP contribution in [0.15, 0.2) is 59.8 Å². The Balaban J connectivity index is 1.58. The molecule has 1 aromatic rings. The van der Waals surface area contributed by atoms with Crippen LogP contribution in [0.4, 0.5) is 0 Å². The lowest BCUT2D eigenvalue weighted by Crippen LogP contribution is -2.31. The van der Waals surface area contributed by atoms with Crippen molar-refractivity contribution in [1.29, 1.82) is 0 Å². The number of nitrogens with one attached hydrogen (secondary N) is 1. The lowest BCUT2D eigenvalue weighted by atomic mass is 9.68. The summed E-state index contributed by atoms with van der Waals surface area (Å²) < 4.78 is 0. The molecule has 0 radical (unpaired) electrons. The van der Waals surface area contributed by atoms with Gasteiger partial charge in [-0.15, -0.1) is 0 Å². The summed E-state index contributed by atoms with van der Waals surface area (Å²) in [6, 6.07) is 9.68.